The Morgan fingerprint density at radius 3 is 2.21 bits per heavy atom. The van der Waals surface area contributed by atoms with Crippen LogP contribution in [-0.4, -0.2) is 66.2 Å². The number of nitrogens with zero attached hydrogens (tertiary/aromatic N) is 3. The third kappa shape index (κ3) is 2.79. The Morgan fingerprint density at radius 1 is 1.21 bits per heavy atom. The highest BCUT2D eigenvalue weighted by molar-refractivity contribution is 7.88. The van der Waals surface area contributed by atoms with Crippen molar-refractivity contribution in [3.8, 4) is 0 Å². The Kier molecular flexibility index (Phi) is 3.64. The second-order valence-electron chi connectivity index (χ2n) is 4.76. The molecule has 1 aliphatic heterocycles. The van der Waals surface area contributed by atoms with Crippen LogP contribution in [0.3, 0.4) is 0 Å². The number of carbonyl (C=O) groups excluding carboxylic acids is 1. The fourth-order valence-electron chi connectivity index (χ4n) is 2.25. The first-order valence-corrected chi connectivity index (χ1v) is 7.91. The SMILES string of the molecule is Cc1n[nH]c(C)c1C(=O)N1CCN(S(C)(=O)=O)CC1. The van der Waals surface area contributed by atoms with Crippen molar-refractivity contribution in [3.05, 3.63) is 17.0 Å². The molecule has 0 spiro atoms. The van der Waals surface area contributed by atoms with Crippen LogP contribution in [0.2, 0.25) is 0 Å². The van der Waals surface area contributed by atoms with Gasteiger partial charge in [0.2, 0.25) is 10.0 Å². The number of aromatic nitrogens is 2. The van der Waals surface area contributed by atoms with Crippen LogP contribution in [0.15, 0.2) is 0 Å². The number of H-pyrrole nitrogens is 1. The molecule has 8 heteroatoms. The first kappa shape index (κ1) is 14.0. The molecule has 1 amide bonds. The predicted octanol–water partition coefficient (Wildman–Crippen LogP) is -0.256. The third-order valence-corrected chi connectivity index (χ3v) is 4.64. The average molecular weight is 286 g/mol. The molecule has 7 nitrogen and oxygen atoms in total. The Hall–Kier alpha value is -1.41. The van der Waals surface area contributed by atoms with E-state index in [1.54, 1.807) is 18.7 Å². The molecule has 0 aromatic carbocycles. The number of aryl methyl sites for hydroxylation is 2. The van der Waals surface area contributed by atoms with E-state index in [2.05, 4.69) is 10.2 Å². The van der Waals surface area contributed by atoms with Gasteiger partial charge in [-0.3, -0.25) is 9.89 Å². The standard InChI is InChI=1S/C11H18N4O3S/c1-8-10(9(2)13-12-8)11(16)14-4-6-15(7-5-14)19(3,17)18/h4-7H2,1-3H3,(H,12,13). The molecule has 106 valence electrons. The molecule has 0 aliphatic carbocycles. The summed E-state index contributed by atoms with van der Waals surface area (Å²) in [6, 6.07) is 0. The number of amides is 1. The van der Waals surface area contributed by atoms with Gasteiger partial charge < -0.3 is 4.90 Å². The van der Waals surface area contributed by atoms with Gasteiger partial charge in [-0.2, -0.15) is 9.40 Å². The molecule has 0 saturated carbocycles. The van der Waals surface area contributed by atoms with Crippen LogP contribution in [0.4, 0.5) is 0 Å². The molecule has 0 radical (unpaired) electrons. The maximum Gasteiger partial charge on any atom is 0.257 e. The Morgan fingerprint density at radius 2 is 1.79 bits per heavy atom. The summed E-state index contributed by atoms with van der Waals surface area (Å²) in [5, 5.41) is 6.79. The van der Waals surface area contributed by atoms with E-state index in [1.165, 1.54) is 10.6 Å². The number of nitrogens with one attached hydrogen (secondary N) is 1. The highest BCUT2D eigenvalue weighted by atomic mass is 32.2. The lowest BCUT2D eigenvalue weighted by Gasteiger charge is -2.33. The normalized spacial score (nSPS) is 17.7. The Bertz CT molecular complexity index is 566. The van der Waals surface area contributed by atoms with Gasteiger partial charge in [0, 0.05) is 31.9 Å². The quantitative estimate of drug-likeness (QED) is 0.812. The molecule has 1 aromatic heterocycles. The first-order chi connectivity index (χ1) is 8.80. The second kappa shape index (κ2) is 4.93. The van der Waals surface area contributed by atoms with Crippen LogP contribution in [-0.2, 0) is 10.0 Å². The van der Waals surface area contributed by atoms with E-state index in [1.807, 2.05) is 0 Å². The molecule has 1 saturated heterocycles. The third-order valence-electron chi connectivity index (χ3n) is 3.34. The van der Waals surface area contributed by atoms with Gasteiger partial charge in [0.25, 0.3) is 5.91 Å². The lowest BCUT2D eigenvalue weighted by atomic mass is 10.1. The molecule has 1 fully saturated rings. The van der Waals surface area contributed by atoms with Gasteiger partial charge in [-0.15, -0.1) is 0 Å². The number of piperazine rings is 1. The van der Waals surface area contributed by atoms with Crippen LogP contribution in [0.25, 0.3) is 0 Å². The molecule has 0 atom stereocenters. The summed E-state index contributed by atoms with van der Waals surface area (Å²) in [7, 11) is -3.17. The molecule has 0 bridgehead atoms. The predicted molar refractivity (Wildman–Crippen MR) is 70.4 cm³/mol. The number of hydrogen-bond donors (Lipinski definition) is 1. The molecule has 0 unspecified atom stereocenters. The number of rotatable bonds is 2. The fraction of sp³-hybridized carbons (Fsp3) is 0.636. The van der Waals surface area contributed by atoms with Crippen LogP contribution < -0.4 is 0 Å². The Labute approximate surface area is 112 Å². The monoisotopic (exact) mass is 286 g/mol. The van der Waals surface area contributed by atoms with Gasteiger partial charge >= 0.3 is 0 Å². The minimum atomic E-state index is -3.17. The summed E-state index contributed by atoms with van der Waals surface area (Å²) in [5.41, 5.74) is 2.01. The van der Waals surface area contributed by atoms with Gasteiger partial charge in [0.1, 0.15) is 0 Å². The molecule has 1 aliphatic rings. The van der Waals surface area contributed by atoms with Crippen molar-refractivity contribution in [2.45, 2.75) is 13.8 Å². The van der Waals surface area contributed by atoms with Crippen molar-refractivity contribution in [3.63, 3.8) is 0 Å². The molecule has 1 N–H and O–H groups in total. The van der Waals surface area contributed by atoms with Crippen molar-refractivity contribution < 1.29 is 13.2 Å². The van der Waals surface area contributed by atoms with Crippen LogP contribution >= 0.6 is 0 Å². The van der Waals surface area contributed by atoms with E-state index >= 15 is 0 Å². The van der Waals surface area contributed by atoms with Crippen molar-refractivity contribution >= 4 is 15.9 Å². The summed E-state index contributed by atoms with van der Waals surface area (Å²) >= 11 is 0. The van der Waals surface area contributed by atoms with E-state index in [9.17, 15) is 13.2 Å². The average Bonchev–Trinajstić information content (AvgIpc) is 2.67. The van der Waals surface area contributed by atoms with E-state index in [-0.39, 0.29) is 5.91 Å². The maximum atomic E-state index is 12.4. The minimum absolute atomic E-state index is 0.0862. The summed E-state index contributed by atoms with van der Waals surface area (Å²) in [5.74, 6) is -0.0862. The number of aromatic amines is 1. The number of hydrogen-bond acceptors (Lipinski definition) is 4. The fourth-order valence-corrected chi connectivity index (χ4v) is 3.07. The van der Waals surface area contributed by atoms with E-state index in [0.29, 0.717) is 37.4 Å². The largest absolute Gasteiger partial charge is 0.336 e. The zero-order valence-electron chi connectivity index (χ0n) is 11.3. The molecule has 2 heterocycles. The van der Waals surface area contributed by atoms with Gasteiger partial charge in [0.15, 0.2) is 0 Å². The van der Waals surface area contributed by atoms with Crippen molar-refractivity contribution in [2.24, 2.45) is 0 Å². The molecular formula is C11H18N4O3S. The molecular weight excluding hydrogens is 268 g/mol. The second-order valence-corrected chi connectivity index (χ2v) is 6.75. The van der Waals surface area contributed by atoms with Crippen molar-refractivity contribution in [1.29, 1.82) is 0 Å². The summed E-state index contributed by atoms with van der Waals surface area (Å²) < 4.78 is 24.2. The van der Waals surface area contributed by atoms with Crippen LogP contribution in [0, 0.1) is 13.8 Å². The zero-order chi connectivity index (χ0) is 14.2. The lowest BCUT2D eigenvalue weighted by Crippen LogP contribution is -2.50. The number of sulfonamides is 1. The van der Waals surface area contributed by atoms with Crippen LogP contribution in [0.5, 0.6) is 0 Å². The number of carbonyl (C=O) groups is 1. The molecule has 2 rings (SSSR count). The summed E-state index contributed by atoms with van der Waals surface area (Å²) in [6.45, 7) is 5.11. The van der Waals surface area contributed by atoms with E-state index in [4.69, 9.17) is 0 Å². The van der Waals surface area contributed by atoms with Gasteiger partial charge in [-0.25, -0.2) is 8.42 Å². The van der Waals surface area contributed by atoms with Gasteiger partial charge in [0.05, 0.1) is 17.5 Å². The van der Waals surface area contributed by atoms with E-state index < -0.39 is 10.0 Å². The van der Waals surface area contributed by atoms with Gasteiger partial charge in [-0.05, 0) is 13.8 Å². The van der Waals surface area contributed by atoms with Crippen LogP contribution in [0.1, 0.15) is 21.7 Å². The highest BCUT2D eigenvalue weighted by Crippen LogP contribution is 2.15. The maximum absolute atomic E-state index is 12.4. The zero-order valence-corrected chi connectivity index (χ0v) is 12.1. The van der Waals surface area contributed by atoms with Crippen molar-refractivity contribution in [2.75, 3.05) is 32.4 Å². The summed E-state index contributed by atoms with van der Waals surface area (Å²) in [6.07, 6.45) is 1.19. The topological polar surface area (TPSA) is 86.4 Å². The highest BCUT2D eigenvalue weighted by Gasteiger charge is 2.28. The Balaban J connectivity index is 2.09. The van der Waals surface area contributed by atoms with Crippen molar-refractivity contribution in [1.82, 2.24) is 19.4 Å². The molecule has 19 heavy (non-hydrogen) atoms. The van der Waals surface area contributed by atoms with Gasteiger partial charge in [-0.1, -0.05) is 0 Å². The lowest BCUT2D eigenvalue weighted by molar-refractivity contribution is 0.0697. The minimum Gasteiger partial charge on any atom is -0.336 e. The summed E-state index contributed by atoms with van der Waals surface area (Å²) in [4.78, 5) is 14.0. The molecule has 1 aromatic rings. The first-order valence-electron chi connectivity index (χ1n) is 6.06. The smallest absolute Gasteiger partial charge is 0.257 e. The van der Waals surface area contributed by atoms with E-state index in [0.717, 1.165) is 5.69 Å².